The van der Waals surface area contributed by atoms with Crippen LogP contribution in [0.5, 0.6) is 0 Å². The van der Waals surface area contributed by atoms with Crippen LogP contribution in [0.15, 0.2) is 0 Å². The molecule has 3 aliphatic rings. The number of alkyl halides is 3. The number of halogens is 3. The Morgan fingerprint density at radius 3 is 2.17 bits per heavy atom. The summed E-state index contributed by atoms with van der Waals surface area (Å²) in [5.74, 6) is 0.207. The van der Waals surface area contributed by atoms with Crippen LogP contribution in [0, 0.1) is 16.2 Å². The van der Waals surface area contributed by atoms with Crippen molar-refractivity contribution in [3.05, 3.63) is 0 Å². The summed E-state index contributed by atoms with van der Waals surface area (Å²) in [5, 5.41) is 3.11. The fourth-order valence-corrected chi connectivity index (χ4v) is 9.00. The zero-order chi connectivity index (χ0) is 13.9. The maximum atomic E-state index is 12.6. The third-order valence-corrected chi connectivity index (χ3v) is 8.54. The minimum absolute atomic E-state index is 0.00912. The summed E-state index contributed by atoms with van der Waals surface area (Å²) in [6.07, 6.45) is 2.03. The molecule has 1 amide bonds. The van der Waals surface area contributed by atoms with Gasteiger partial charge in [0.2, 0.25) is 5.91 Å². The van der Waals surface area contributed by atoms with Crippen molar-refractivity contribution in [3.63, 3.8) is 0 Å². The predicted octanol–water partition coefficient (Wildman–Crippen LogP) is 4.20. The lowest BCUT2D eigenvalue weighted by Crippen LogP contribution is -2.72. The largest absolute Gasteiger partial charge is 0.353 e. The summed E-state index contributed by atoms with van der Waals surface area (Å²) in [5.41, 5.74) is -0.164. The highest BCUT2D eigenvalue weighted by Gasteiger charge is 2.83. The second kappa shape index (κ2) is 4.45. The highest BCUT2D eigenvalue weighted by atomic mass is 79.9. The zero-order valence-corrected chi connectivity index (χ0v) is 15.9. The number of nitrogens with one attached hydrogen (secondary N) is 1. The van der Waals surface area contributed by atoms with Crippen molar-refractivity contribution in [3.8, 4) is 0 Å². The van der Waals surface area contributed by atoms with Crippen molar-refractivity contribution in [1.82, 2.24) is 5.32 Å². The van der Waals surface area contributed by atoms with Crippen molar-refractivity contribution in [2.45, 2.75) is 55.1 Å². The monoisotopic (exact) mass is 443 g/mol. The highest BCUT2D eigenvalue weighted by Crippen LogP contribution is 2.82. The molecule has 0 saturated heterocycles. The molecule has 5 heteroatoms. The van der Waals surface area contributed by atoms with Gasteiger partial charge in [-0.15, -0.1) is 0 Å². The number of rotatable bonds is 3. The van der Waals surface area contributed by atoms with E-state index in [1.807, 2.05) is 13.8 Å². The lowest BCUT2D eigenvalue weighted by atomic mass is 9.43. The normalized spacial score (nSPS) is 41.1. The van der Waals surface area contributed by atoms with Gasteiger partial charge in [-0.05, 0) is 32.1 Å². The highest BCUT2D eigenvalue weighted by molar-refractivity contribution is 9.24. The molecule has 3 aliphatic carbocycles. The predicted molar refractivity (Wildman–Crippen MR) is 85.5 cm³/mol. The molecule has 2 nitrogen and oxygen atoms in total. The first-order valence-corrected chi connectivity index (χ1v) is 9.12. The van der Waals surface area contributed by atoms with E-state index in [4.69, 9.17) is 0 Å². The van der Waals surface area contributed by atoms with Gasteiger partial charge in [0, 0.05) is 16.3 Å². The van der Waals surface area contributed by atoms with Gasteiger partial charge >= 0.3 is 0 Å². The lowest BCUT2D eigenvalue weighted by Gasteiger charge is -2.66. The van der Waals surface area contributed by atoms with Gasteiger partial charge in [0.05, 0.1) is 9.15 Å². The summed E-state index contributed by atoms with van der Waals surface area (Å²) < 4.78 is 0.236. The first-order chi connectivity index (χ1) is 8.14. The van der Waals surface area contributed by atoms with Gasteiger partial charge in [0.15, 0.2) is 0 Å². The molecule has 1 N–H and O–H groups in total. The molecule has 0 heterocycles. The minimum atomic E-state index is -0.267. The number of fused-ring (bicyclic) bond motifs is 1. The number of carbonyl (C=O) groups is 1. The molecular weight excluding hydrogens is 426 g/mol. The smallest absolute Gasteiger partial charge is 0.228 e. The lowest BCUT2D eigenvalue weighted by molar-refractivity contribution is -0.162. The van der Waals surface area contributed by atoms with Crippen molar-refractivity contribution < 1.29 is 4.79 Å². The molecule has 2 bridgehead atoms. The maximum absolute atomic E-state index is 12.6. The third-order valence-electron chi connectivity index (χ3n) is 5.31. The average molecular weight is 446 g/mol. The van der Waals surface area contributed by atoms with Crippen LogP contribution in [0.1, 0.15) is 40.5 Å². The van der Waals surface area contributed by atoms with Crippen LogP contribution in [0.4, 0.5) is 0 Å². The second-order valence-corrected chi connectivity index (χ2v) is 10.4. The molecule has 0 aromatic rings. The summed E-state index contributed by atoms with van der Waals surface area (Å²) in [7, 11) is 0. The van der Waals surface area contributed by atoms with Crippen LogP contribution in [0.25, 0.3) is 0 Å². The number of amides is 1. The first-order valence-electron chi connectivity index (χ1n) is 6.38. The molecule has 0 radical (unpaired) electrons. The molecule has 104 valence electrons. The van der Waals surface area contributed by atoms with Crippen LogP contribution in [-0.2, 0) is 4.79 Å². The van der Waals surface area contributed by atoms with Crippen LogP contribution in [0.2, 0.25) is 0 Å². The molecule has 3 rings (SSSR count). The molecule has 0 spiro atoms. The van der Waals surface area contributed by atoms with E-state index < -0.39 is 0 Å². The molecule has 3 atom stereocenters. The van der Waals surface area contributed by atoms with E-state index in [-0.39, 0.29) is 36.8 Å². The summed E-state index contributed by atoms with van der Waals surface area (Å²) in [6, 6.07) is 0.196. The molecule has 0 unspecified atom stereocenters. The van der Waals surface area contributed by atoms with E-state index in [2.05, 4.69) is 67.0 Å². The molecule has 3 fully saturated rings. The Labute approximate surface area is 134 Å². The molecule has 3 saturated carbocycles. The van der Waals surface area contributed by atoms with Crippen LogP contribution < -0.4 is 5.32 Å². The van der Waals surface area contributed by atoms with Crippen molar-refractivity contribution in [2.75, 3.05) is 0 Å². The van der Waals surface area contributed by atoms with Crippen LogP contribution in [-0.4, -0.2) is 20.5 Å². The zero-order valence-electron chi connectivity index (χ0n) is 11.2. The van der Waals surface area contributed by atoms with Gasteiger partial charge in [-0.25, -0.2) is 0 Å². The number of hydrogen-bond acceptors (Lipinski definition) is 1. The van der Waals surface area contributed by atoms with Crippen LogP contribution in [0.3, 0.4) is 0 Å². The van der Waals surface area contributed by atoms with E-state index >= 15 is 0 Å². The molecule has 0 aromatic heterocycles. The van der Waals surface area contributed by atoms with Crippen molar-refractivity contribution in [2.24, 2.45) is 16.2 Å². The summed E-state index contributed by atoms with van der Waals surface area (Å²) in [6.45, 7) is 8.49. The van der Waals surface area contributed by atoms with Gasteiger partial charge in [-0.3, -0.25) is 4.79 Å². The van der Waals surface area contributed by atoms with Crippen molar-refractivity contribution in [1.29, 1.82) is 0 Å². The molecule has 0 aliphatic heterocycles. The molecular formula is C13H20Br3NO. The van der Waals surface area contributed by atoms with Gasteiger partial charge < -0.3 is 5.32 Å². The Morgan fingerprint density at radius 1 is 1.28 bits per heavy atom. The Balaban J connectivity index is 2.36. The first kappa shape index (κ1) is 15.3. The van der Waals surface area contributed by atoms with Gasteiger partial charge in [-0.2, -0.15) is 0 Å². The molecule has 0 aromatic carbocycles. The van der Waals surface area contributed by atoms with Gasteiger partial charge in [0.1, 0.15) is 0 Å². The maximum Gasteiger partial charge on any atom is 0.228 e. The number of carbonyl (C=O) groups excluding carboxylic acids is 1. The summed E-state index contributed by atoms with van der Waals surface area (Å²) >= 11 is 11.2. The fraction of sp³-hybridized carbons (Fsp3) is 0.923. The van der Waals surface area contributed by atoms with Gasteiger partial charge in [0.25, 0.3) is 0 Å². The quantitative estimate of drug-likeness (QED) is 0.648. The molecule has 18 heavy (non-hydrogen) atoms. The topological polar surface area (TPSA) is 29.1 Å². The van der Waals surface area contributed by atoms with Crippen LogP contribution >= 0.6 is 47.8 Å². The fourth-order valence-electron chi connectivity index (χ4n) is 4.09. The SMILES string of the molecule is CC(C)NC(=O)[C@@]12CC[C@@](C(Br)Br)([C@@H]1Br)C2(C)C. The average Bonchev–Trinajstić information content (AvgIpc) is 2.66. The van der Waals surface area contributed by atoms with E-state index in [1.165, 1.54) is 0 Å². The van der Waals surface area contributed by atoms with Crippen molar-refractivity contribution >= 4 is 53.7 Å². The van der Waals surface area contributed by atoms with E-state index in [0.29, 0.717) is 0 Å². The minimum Gasteiger partial charge on any atom is -0.353 e. The van der Waals surface area contributed by atoms with Gasteiger partial charge in [-0.1, -0.05) is 61.6 Å². The Morgan fingerprint density at radius 2 is 1.83 bits per heavy atom. The Kier molecular flexibility index (Phi) is 3.79. The van der Waals surface area contributed by atoms with E-state index in [9.17, 15) is 4.79 Å². The van der Waals surface area contributed by atoms with E-state index in [1.54, 1.807) is 0 Å². The second-order valence-electron chi connectivity index (χ2n) is 6.43. The Hall–Kier alpha value is 0.910. The van der Waals surface area contributed by atoms with E-state index in [0.717, 1.165) is 12.8 Å². The number of hydrogen-bond donors (Lipinski definition) is 1. The standard InChI is InChI=1S/C13H20Br3NO/c1-7(2)17-10(18)13-6-5-12(8(13)14,9(15)16)11(13,3)4/h7-9H,5-6H2,1-4H3,(H,17,18)/t8-,12-,13+/m0/s1. The Bertz CT molecular complexity index is 382. The third kappa shape index (κ3) is 1.47. The summed E-state index contributed by atoms with van der Waals surface area (Å²) in [4.78, 5) is 12.9.